The molecule has 0 spiro atoms. The number of ether oxygens (including phenoxy) is 2. The number of carbonyl (C=O) groups excluding carboxylic acids is 1. The number of nitrogens with two attached hydrogens (primary N) is 1. The third kappa shape index (κ3) is 4.10. The molecule has 2 N–H and O–H groups in total. The molecule has 26 heavy (non-hydrogen) atoms. The number of thioether (sulfide) groups is 1. The fraction of sp³-hybridized carbons (Fsp3) is 0.471. The number of carbonyl (C=O) groups is 1. The average Bonchev–Trinajstić information content (AvgIpc) is 2.99. The minimum atomic E-state index is 0.0472. The lowest BCUT2D eigenvalue weighted by Crippen LogP contribution is -2.48. The summed E-state index contributed by atoms with van der Waals surface area (Å²) < 4.78 is 12.2. The Bertz CT molecular complexity index is 754. The molecule has 1 aliphatic rings. The summed E-state index contributed by atoms with van der Waals surface area (Å²) in [4.78, 5) is 14.3. The highest BCUT2D eigenvalue weighted by Crippen LogP contribution is 2.24. The van der Waals surface area contributed by atoms with Crippen LogP contribution < -0.4 is 10.6 Å². The van der Waals surface area contributed by atoms with Crippen molar-refractivity contribution in [2.75, 3.05) is 31.8 Å². The second-order valence-electron chi connectivity index (χ2n) is 6.25. The van der Waals surface area contributed by atoms with Crippen LogP contribution >= 0.6 is 11.8 Å². The van der Waals surface area contributed by atoms with E-state index in [1.54, 1.807) is 7.11 Å². The van der Waals surface area contributed by atoms with Crippen LogP contribution in [0, 0.1) is 0 Å². The highest BCUT2D eigenvalue weighted by Gasteiger charge is 2.26. The Labute approximate surface area is 156 Å². The van der Waals surface area contributed by atoms with Gasteiger partial charge in [0.25, 0.3) is 0 Å². The molecule has 1 fully saturated rings. The molecule has 2 atom stereocenters. The summed E-state index contributed by atoms with van der Waals surface area (Å²) in [5, 5.41) is 8.74. The van der Waals surface area contributed by atoms with Gasteiger partial charge in [0.1, 0.15) is 5.75 Å². The molecule has 1 amide bonds. The zero-order valence-electron chi connectivity index (χ0n) is 15.1. The van der Waals surface area contributed by atoms with Crippen molar-refractivity contribution in [2.24, 2.45) is 0 Å². The van der Waals surface area contributed by atoms with Gasteiger partial charge in [-0.3, -0.25) is 4.79 Å². The van der Waals surface area contributed by atoms with Crippen molar-refractivity contribution in [1.29, 1.82) is 0 Å². The van der Waals surface area contributed by atoms with Crippen LogP contribution in [0.1, 0.15) is 13.8 Å². The van der Waals surface area contributed by atoms with E-state index in [0.29, 0.717) is 24.1 Å². The number of rotatable bonds is 5. The minimum absolute atomic E-state index is 0.0472. The van der Waals surface area contributed by atoms with Crippen LogP contribution in [0.5, 0.6) is 5.75 Å². The molecule has 1 aromatic heterocycles. The largest absolute Gasteiger partial charge is 0.497 e. The van der Waals surface area contributed by atoms with Gasteiger partial charge in [0.05, 0.1) is 25.1 Å². The van der Waals surface area contributed by atoms with Crippen molar-refractivity contribution >= 4 is 17.7 Å². The van der Waals surface area contributed by atoms with E-state index in [1.165, 1.54) is 16.4 Å². The molecule has 2 aromatic rings. The highest BCUT2D eigenvalue weighted by molar-refractivity contribution is 7.99. The molecule has 140 valence electrons. The summed E-state index contributed by atoms with van der Waals surface area (Å²) in [7, 11) is 1.61. The third-order valence-electron chi connectivity index (χ3n) is 4.11. The number of aromatic nitrogens is 3. The molecule has 9 heteroatoms. The topological polar surface area (TPSA) is 95.5 Å². The molecule has 2 heterocycles. The lowest BCUT2D eigenvalue weighted by Gasteiger charge is -2.35. The Kier molecular flexibility index (Phi) is 5.67. The Morgan fingerprint density at radius 3 is 2.54 bits per heavy atom. The Hall–Kier alpha value is -2.26. The number of benzene rings is 1. The van der Waals surface area contributed by atoms with Gasteiger partial charge in [-0.05, 0) is 38.1 Å². The maximum atomic E-state index is 12.5. The SMILES string of the molecule is COc1ccc(-c2nnc(SCC(=O)N3C[C@H](C)O[C@@H](C)C3)n2N)cc1. The number of morpholine rings is 1. The van der Waals surface area contributed by atoms with Gasteiger partial charge in [0.2, 0.25) is 11.1 Å². The molecule has 1 saturated heterocycles. The number of nitrogens with zero attached hydrogens (tertiary/aromatic N) is 4. The average molecular weight is 377 g/mol. The quantitative estimate of drug-likeness (QED) is 0.621. The monoisotopic (exact) mass is 377 g/mol. The van der Waals surface area contributed by atoms with Crippen LogP contribution in [0.4, 0.5) is 0 Å². The van der Waals surface area contributed by atoms with Crippen LogP contribution in [-0.2, 0) is 9.53 Å². The van der Waals surface area contributed by atoms with Crippen molar-refractivity contribution in [2.45, 2.75) is 31.2 Å². The fourth-order valence-electron chi connectivity index (χ4n) is 2.91. The molecular formula is C17H23N5O3S. The number of nitrogen functional groups attached to an aromatic ring is 1. The molecule has 1 aliphatic heterocycles. The molecule has 3 rings (SSSR count). The first-order chi connectivity index (χ1) is 12.5. The molecule has 0 radical (unpaired) electrons. The molecule has 0 aliphatic carbocycles. The van der Waals surface area contributed by atoms with Gasteiger partial charge >= 0.3 is 0 Å². The fourth-order valence-corrected chi connectivity index (χ4v) is 3.67. The molecule has 1 aromatic carbocycles. The summed E-state index contributed by atoms with van der Waals surface area (Å²) in [6.07, 6.45) is 0.0973. The van der Waals surface area contributed by atoms with Gasteiger partial charge in [-0.25, -0.2) is 4.68 Å². The standard InChI is InChI=1S/C17H23N5O3S/c1-11-8-21(9-12(2)25-11)15(23)10-26-17-20-19-16(22(17)18)13-4-6-14(24-3)7-5-13/h4-7,11-12H,8-10,18H2,1-3H3/t11-,12-/m0/s1. The Morgan fingerprint density at radius 2 is 1.92 bits per heavy atom. The summed E-state index contributed by atoms with van der Waals surface area (Å²) in [5.41, 5.74) is 0.829. The van der Waals surface area contributed by atoms with Gasteiger partial charge in [-0.2, -0.15) is 0 Å². The Balaban J connectivity index is 1.63. The van der Waals surface area contributed by atoms with Crippen LogP contribution in [0.25, 0.3) is 11.4 Å². The second kappa shape index (κ2) is 7.96. The van der Waals surface area contributed by atoms with Crippen molar-refractivity contribution in [1.82, 2.24) is 19.8 Å². The smallest absolute Gasteiger partial charge is 0.233 e. The Morgan fingerprint density at radius 1 is 1.27 bits per heavy atom. The van der Waals surface area contributed by atoms with Gasteiger partial charge in [-0.15, -0.1) is 10.2 Å². The summed E-state index contributed by atoms with van der Waals surface area (Å²) in [6.45, 7) is 5.16. The number of amides is 1. The van der Waals surface area contributed by atoms with E-state index >= 15 is 0 Å². The van der Waals surface area contributed by atoms with E-state index in [9.17, 15) is 4.79 Å². The second-order valence-corrected chi connectivity index (χ2v) is 7.19. The van der Waals surface area contributed by atoms with Crippen molar-refractivity contribution in [3.8, 4) is 17.1 Å². The van der Waals surface area contributed by atoms with Crippen molar-refractivity contribution < 1.29 is 14.3 Å². The zero-order chi connectivity index (χ0) is 18.7. The van der Waals surface area contributed by atoms with Crippen molar-refractivity contribution in [3.63, 3.8) is 0 Å². The van der Waals surface area contributed by atoms with E-state index in [2.05, 4.69) is 10.2 Å². The molecule has 0 bridgehead atoms. The number of hydrogen-bond donors (Lipinski definition) is 1. The first kappa shape index (κ1) is 18.5. The summed E-state index contributed by atoms with van der Waals surface area (Å²) in [5.74, 6) is 7.71. The predicted octanol–water partition coefficient (Wildman–Crippen LogP) is 1.40. The van der Waals surface area contributed by atoms with Gasteiger partial charge in [-0.1, -0.05) is 11.8 Å². The lowest BCUT2D eigenvalue weighted by atomic mass is 10.2. The lowest BCUT2D eigenvalue weighted by molar-refractivity contribution is -0.140. The van der Waals surface area contributed by atoms with Gasteiger partial charge in [0.15, 0.2) is 5.82 Å². The van der Waals surface area contributed by atoms with E-state index in [4.69, 9.17) is 15.3 Å². The molecule has 0 saturated carbocycles. The maximum absolute atomic E-state index is 12.5. The van der Waals surface area contributed by atoms with E-state index < -0.39 is 0 Å². The third-order valence-corrected chi connectivity index (χ3v) is 5.04. The van der Waals surface area contributed by atoms with E-state index in [0.717, 1.165) is 11.3 Å². The van der Waals surface area contributed by atoms with Crippen LogP contribution in [0.3, 0.4) is 0 Å². The first-order valence-electron chi connectivity index (χ1n) is 8.39. The normalized spacial score (nSPS) is 20.2. The van der Waals surface area contributed by atoms with Crippen molar-refractivity contribution in [3.05, 3.63) is 24.3 Å². The zero-order valence-corrected chi connectivity index (χ0v) is 15.9. The maximum Gasteiger partial charge on any atom is 0.233 e. The van der Waals surface area contributed by atoms with Crippen LogP contribution in [-0.4, -0.2) is 63.8 Å². The predicted molar refractivity (Wildman–Crippen MR) is 99.5 cm³/mol. The number of methoxy groups -OCH3 is 1. The van der Waals surface area contributed by atoms with Gasteiger partial charge < -0.3 is 20.2 Å². The molecular weight excluding hydrogens is 354 g/mol. The first-order valence-corrected chi connectivity index (χ1v) is 9.37. The summed E-state index contributed by atoms with van der Waals surface area (Å²) in [6, 6.07) is 7.40. The molecule has 8 nitrogen and oxygen atoms in total. The van der Waals surface area contributed by atoms with Gasteiger partial charge in [0, 0.05) is 18.7 Å². The van der Waals surface area contributed by atoms with E-state index in [1.807, 2.05) is 43.0 Å². The highest BCUT2D eigenvalue weighted by atomic mass is 32.2. The number of hydrogen-bond acceptors (Lipinski definition) is 7. The minimum Gasteiger partial charge on any atom is -0.497 e. The van der Waals surface area contributed by atoms with Crippen LogP contribution in [0.2, 0.25) is 0 Å². The van der Waals surface area contributed by atoms with E-state index in [-0.39, 0.29) is 23.9 Å². The van der Waals surface area contributed by atoms with Crippen LogP contribution in [0.15, 0.2) is 29.4 Å². The summed E-state index contributed by atoms with van der Waals surface area (Å²) >= 11 is 1.28. The molecule has 0 unspecified atom stereocenters.